The molecule has 2 rings (SSSR count). The van der Waals surface area contributed by atoms with Gasteiger partial charge < -0.3 is 10.6 Å². The number of hydrogen-bond acceptors (Lipinski definition) is 4. The molecular formula is C13H23Cl2N3OS. The summed E-state index contributed by atoms with van der Waals surface area (Å²) in [6.45, 7) is 4.70. The Morgan fingerprint density at radius 3 is 2.95 bits per heavy atom. The lowest BCUT2D eigenvalue weighted by Crippen LogP contribution is -2.41. The molecule has 1 aliphatic rings. The maximum Gasteiger partial charge on any atom is 0.224 e. The minimum absolute atomic E-state index is 0. The van der Waals surface area contributed by atoms with Crippen LogP contribution in [0.5, 0.6) is 0 Å². The number of piperidine rings is 1. The van der Waals surface area contributed by atoms with Crippen molar-refractivity contribution in [3.8, 4) is 0 Å². The molecule has 1 aromatic rings. The number of thiazole rings is 1. The van der Waals surface area contributed by atoms with Crippen LogP contribution in [0.25, 0.3) is 0 Å². The third-order valence-corrected chi connectivity index (χ3v) is 4.46. The van der Waals surface area contributed by atoms with Gasteiger partial charge in [-0.1, -0.05) is 6.92 Å². The van der Waals surface area contributed by atoms with Gasteiger partial charge in [-0.15, -0.1) is 36.2 Å². The van der Waals surface area contributed by atoms with Crippen molar-refractivity contribution in [2.75, 3.05) is 19.6 Å². The van der Waals surface area contributed by atoms with Gasteiger partial charge >= 0.3 is 0 Å². The van der Waals surface area contributed by atoms with E-state index in [1.54, 1.807) is 11.3 Å². The molecule has 0 spiro atoms. The average molecular weight is 340 g/mol. The van der Waals surface area contributed by atoms with Crippen LogP contribution in [-0.2, 0) is 17.6 Å². The van der Waals surface area contributed by atoms with E-state index in [1.807, 2.05) is 6.20 Å². The van der Waals surface area contributed by atoms with E-state index in [2.05, 4.69) is 22.5 Å². The zero-order valence-corrected chi connectivity index (χ0v) is 14.1. The molecule has 1 amide bonds. The number of hydrogen-bond donors (Lipinski definition) is 2. The first-order valence-electron chi connectivity index (χ1n) is 6.71. The molecular weight excluding hydrogens is 317 g/mol. The van der Waals surface area contributed by atoms with E-state index in [-0.39, 0.29) is 36.6 Å². The normalized spacial score (nSPS) is 17.8. The van der Waals surface area contributed by atoms with Crippen molar-refractivity contribution in [3.05, 3.63) is 16.1 Å². The van der Waals surface area contributed by atoms with Crippen molar-refractivity contribution in [2.45, 2.75) is 32.6 Å². The minimum Gasteiger partial charge on any atom is -0.355 e. The Labute approximate surface area is 137 Å². The second-order valence-corrected chi connectivity index (χ2v) is 5.86. The Bertz CT molecular complexity index is 395. The van der Waals surface area contributed by atoms with Crippen LogP contribution in [-0.4, -0.2) is 30.5 Å². The second kappa shape index (κ2) is 10.4. The largest absolute Gasteiger partial charge is 0.355 e. The van der Waals surface area contributed by atoms with Gasteiger partial charge in [-0.05, 0) is 25.8 Å². The number of carbonyl (C=O) groups is 1. The van der Waals surface area contributed by atoms with Crippen LogP contribution in [0.4, 0.5) is 0 Å². The summed E-state index contributed by atoms with van der Waals surface area (Å²) >= 11 is 1.75. The summed E-state index contributed by atoms with van der Waals surface area (Å²) in [4.78, 5) is 17.5. The van der Waals surface area contributed by atoms with Crippen molar-refractivity contribution < 1.29 is 4.79 Å². The molecule has 0 aliphatic carbocycles. The first-order valence-corrected chi connectivity index (χ1v) is 7.53. The zero-order chi connectivity index (χ0) is 12.8. The van der Waals surface area contributed by atoms with Gasteiger partial charge in [-0.3, -0.25) is 4.79 Å². The Morgan fingerprint density at radius 2 is 2.35 bits per heavy atom. The fraction of sp³-hybridized carbons (Fsp3) is 0.692. The summed E-state index contributed by atoms with van der Waals surface area (Å²) in [5, 5.41) is 7.40. The average Bonchev–Trinajstić information content (AvgIpc) is 2.87. The number of nitrogens with one attached hydrogen (secondary N) is 2. The van der Waals surface area contributed by atoms with E-state index in [0.29, 0.717) is 6.54 Å². The molecule has 0 saturated carbocycles. The quantitative estimate of drug-likeness (QED) is 0.864. The molecule has 1 saturated heterocycles. The summed E-state index contributed by atoms with van der Waals surface area (Å²) in [6, 6.07) is 0. The number of rotatable bonds is 5. The molecule has 2 heterocycles. The molecule has 4 nitrogen and oxygen atoms in total. The highest BCUT2D eigenvalue weighted by Crippen LogP contribution is 2.13. The van der Waals surface area contributed by atoms with Crippen molar-refractivity contribution in [1.29, 1.82) is 0 Å². The number of aryl methyl sites for hydroxylation is 1. The lowest BCUT2D eigenvalue weighted by Gasteiger charge is -2.21. The van der Waals surface area contributed by atoms with Crippen molar-refractivity contribution >= 4 is 42.1 Å². The van der Waals surface area contributed by atoms with Crippen molar-refractivity contribution in [2.24, 2.45) is 5.92 Å². The summed E-state index contributed by atoms with van der Waals surface area (Å²) in [5.41, 5.74) is 0. The minimum atomic E-state index is 0. The zero-order valence-electron chi connectivity index (χ0n) is 11.7. The third-order valence-electron chi connectivity index (χ3n) is 3.26. The molecule has 1 unspecified atom stereocenters. The van der Waals surface area contributed by atoms with Crippen molar-refractivity contribution in [1.82, 2.24) is 15.6 Å². The van der Waals surface area contributed by atoms with Gasteiger partial charge in [0.2, 0.25) is 5.91 Å². The maximum absolute atomic E-state index is 11.9. The second-order valence-electron chi connectivity index (χ2n) is 4.66. The van der Waals surface area contributed by atoms with Crippen LogP contribution in [0, 0.1) is 5.92 Å². The van der Waals surface area contributed by atoms with Gasteiger partial charge in [0, 0.05) is 30.6 Å². The molecule has 2 N–H and O–H groups in total. The smallest absolute Gasteiger partial charge is 0.224 e. The number of aromatic nitrogens is 1. The lowest BCUT2D eigenvalue weighted by atomic mass is 9.99. The Kier molecular flexibility index (Phi) is 10.2. The molecule has 0 bridgehead atoms. The van der Waals surface area contributed by atoms with Crippen LogP contribution in [0.2, 0.25) is 0 Å². The Morgan fingerprint density at radius 1 is 1.55 bits per heavy atom. The van der Waals surface area contributed by atoms with Gasteiger partial charge in [-0.2, -0.15) is 0 Å². The van der Waals surface area contributed by atoms with Gasteiger partial charge in [0.15, 0.2) is 0 Å². The van der Waals surface area contributed by atoms with Crippen LogP contribution >= 0.6 is 36.2 Å². The summed E-state index contributed by atoms with van der Waals surface area (Å²) < 4.78 is 0. The fourth-order valence-corrected chi connectivity index (χ4v) is 3.00. The predicted octanol–water partition coefficient (Wildman–Crippen LogP) is 2.21. The first-order chi connectivity index (χ1) is 8.79. The van der Waals surface area contributed by atoms with E-state index < -0.39 is 0 Å². The van der Waals surface area contributed by atoms with E-state index in [1.165, 1.54) is 4.88 Å². The standard InChI is InChI=1S/C13H21N3OS.2ClH/c1-2-11-9-16-12(18-11)5-7-15-13(17)10-4-3-6-14-8-10;;/h9-10,14H,2-8H2,1H3,(H,15,17);2*1H. The van der Waals surface area contributed by atoms with Gasteiger partial charge in [-0.25, -0.2) is 4.98 Å². The molecule has 1 aromatic heterocycles. The van der Waals surface area contributed by atoms with Crippen LogP contribution < -0.4 is 10.6 Å². The topological polar surface area (TPSA) is 54.0 Å². The number of nitrogens with zero attached hydrogens (tertiary/aromatic N) is 1. The summed E-state index contributed by atoms with van der Waals surface area (Å²) in [7, 11) is 0. The van der Waals surface area contributed by atoms with E-state index >= 15 is 0 Å². The number of amides is 1. The monoisotopic (exact) mass is 339 g/mol. The molecule has 1 atom stereocenters. The molecule has 20 heavy (non-hydrogen) atoms. The Hall–Kier alpha value is -0.360. The van der Waals surface area contributed by atoms with Gasteiger partial charge in [0.1, 0.15) is 0 Å². The SMILES string of the molecule is CCc1cnc(CCNC(=O)C2CCCNC2)s1.Cl.Cl. The molecule has 0 aromatic carbocycles. The number of halogens is 2. The summed E-state index contributed by atoms with van der Waals surface area (Å²) in [5.74, 6) is 0.343. The van der Waals surface area contributed by atoms with Gasteiger partial charge in [0.05, 0.1) is 10.9 Å². The lowest BCUT2D eigenvalue weighted by molar-refractivity contribution is -0.125. The van der Waals surface area contributed by atoms with Gasteiger partial charge in [0.25, 0.3) is 0 Å². The highest BCUT2D eigenvalue weighted by atomic mass is 35.5. The molecule has 1 fully saturated rings. The van der Waals surface area contributed by atoms with Crippen LogP contribution in [0.1, 0.15) is 29.7 Å². The Balaban J connectivity index is 0.00000180. The fourth-order valence-electron chi connectivity index (χ4n) is 2.14. The highest BCUT2D eigenvalue weighted by Gasteiger charge is 2.20. The van der Waals surface area contributed by atoms with Crippen LogP contribution in [0.3, 0.4) is 0 Å². The molecule has 116 valence electrons. The van der Waals surface area contributed by atoms with E-state index in [0.717, 1.165) is 43.8 Å². The molecule has 7 heteroatoms. The number of carbonyl (C=O) groups excluding carboxylic acids is 1. The first kappa shape index (κ1) is 19.6. The summed E-state index contributed by atoms with van der Waals surface area (Å²) in [6.07, 6.45) is 5.93. The highest BCUT2D eigenvalue weighted by molar-refractivity contribution is 7.11. The molecule has 0 radical (unpaired) electrons. The predicted molar refractivity (Wildman–Crippen MR) is 88.3 cm³/mol. The maximum atomic E-state index is 11.9. The van der Waals surface area contributed by atoms with E-state index in [4.69, 9.17) is 0 Å². The van der Waals surface area contributed by atoms with E-state index in [9.17, 15) is 4.79 Å². The van der Waals surface area contributed by atoms with Crippen LogP contribution in [0.15, 0.2) is 6.20 Å². The van der Waals surface area contributed by atoms with Crippen molar-refractivity contribution in [3.63, 3.8) is 0 Å². The third kappa shape index (κ3) is 5.95. The molecule has 1 aliphatic heterocycles.